The van der Waals surface area contributed by atoms with E-state index in [9.17, 15) is 9.90 Å². The first-order valence-electron chi connectivity index (χ1n) is 7.99. The molecule has 1 aliphatic rings. The zero-order chi connectivity index (χ0) is 16.8. The van der Waals surface area contributed by atoms with Crippen LogP contribution in [0.2, 0.25) is 0 Å². The molecule has 2 heterocycles. The Labute approximate surface area is 145 Å². The van der Waals surface area contributed by atoms with Crippen LogP contribution in [0.3, 0.4) is 0 Å². The van der Waals surface area contributed by atoms with E-state index in [0.29, 0.717) is 6.54 Å². The van der Waals surface area contributed by atoms with Gasteiger partial charge in [-0.1, -0.05) is 12.1 Å². The summed E-state index contributed by atoms with van der Waals surface area (Å²) in [7, 11) is 0. The molecule has 0 atom stereocenters. The van der Waals surface area contributed by atoms with Gasteiger partial charge in [-0.15, -0.1) is 0 Å². The Kier molecular flexibility index (Phi) is 5.37. The van der Waals surface area contributed by atoms with Gasteiger partial charge >= 0.3 is 0 Å². The van der Waals surface area contributed by atoms with Gasteiger partial charge in [-0.3, -0.25) is 4.79 Å². The van der Waals surface area contributed by atoms with E-state index >= 15 is 0 Å². The number of carbonyl (C=O) groups excluding carboxylic acids is 1. The van der Waals surface area contributed by atoms with Gasteiger partial charge in [0.05, 0.1) is 11.9 Å². The molecule has 126 valence electrons. The Bertz CT molecular complexity index is 690. The predicted molar refractivity (Wildman–Crippen MR) is 97.1 cm³/mol. The second kappa shape index (κ2) is 7.68. The predicted octanol–water partition coefficient (Wildman–Crippen LogP) is 2.26. The van der Waals surface area contributed by atoms with Crippen LogP contribution in [0, 0.1) is 0 Å². The molecule has 0 aliphatic carbocycles. The van der Waals surface area contributed by atoms with Crippen molar-refractivity contribution < 1.29 is 9.90 Å². The van der Waals surface area contributed by atoms with E-state index in [1.165, 1.54) is 6.08 Å². The number of nitrogens with one attached hydrogen (secondary N) is 1. The lowest BCUT2D eigenvalue weighted by Gasteiger charge is -2.31. The standard InChI is InChI=1S/C18H21N3O2S/c22-17(20-13-18(23)7-11-24-12-8-18)6-3-15-1-4-16(5-2-15)21-10-9-19-14-21/h1-6,9-10,14,23H,7-8,11-13H2,(H,20,22). The van der Waals surface area contributed by atoms with Gasteiger partial charge in [-0.05, 0) is 48.1 Å². The van der Waals surface area contributed by atoms with Gasteiger partial charge in [-0.25, -0.2) is 4.98 Å². The summed E-state index contributed by atoms with van der Waals surface area (Å²) < 4.78 is 1.92. The van der Waals surface area contributed by atoms with Crippen molar-refractivity contribution in [2.45, 2.75) is 18.4 Å². The summed E-state index contributed by atoms with van der Waals surface area (Å²) in [5.41, 5.74) is 1.22. The maximum Gasteiger partial charge on any atom is 0.244 e. The molecule has 1 aromatic heterocycles. The molecule has 0 saturated carbocycles. The van der Waals surface area contributed by atoms with Crippen LogP contribution in [0.15, 0.2) is 49.1 Å². The molecule has 0 bridgehead atoms. The third-order valence-electron chi connectivity index (χ3n) is 4.14. The van der Waals surface area contributed by atoms with Crippen LogP contribution < -0.4 is 5.32 Å². The lowest BCUT2D eigenvalue weighted by Crippen LogP contribution is -2.44. The molecule has 2 N–H and O–H groups in total. The van der Waals surface area contributed by atoms with Crippen LogP contribution in [0.25, 0.3) is 11.8 Å². The van der Waals surface area contributed by atoms with Crippen molar-refractivity contribution in [2.75, 3.05) is 18.1 Å². The summed E-state index contributed by atoms with van der Waals surface area (Å²) in [5.74, 6) is 1.72. The first kappa shape index (κ1) is 16.8. The van der Waals surface area contributed by atoms with E-state index in [0.717, 1.165) is 35.6 Å². The van der Waals surface area contributed by atoms with Gasteiger partial charge in [0.2, 0.25) is 5.91 Å². The summed E-state index contributed by atoms with van der Waals surface area (Å²) in [6, 6.07) is 7.85. The van der Waals surface area contributed by atoms with E-state index in [2.05, 4.69) is 10.3 Å². The fourth-order valence-electron chi connectivity index (χ4n) is 2.58. The highest BCUT2D eigenvalue weighted by atomic mass is 32.2. The molecular formula is C18H21N3O2S. The molecule has 2 aromatic rings. The third kappa shape index (κ3) is 4.49. The van der Waals surface area contributed by atoms with Gasteiger partial charge in [0.15, 0.2) is 0 Å². The van der Waals surface area contributed by atoms with Crippen molar-refractivity contribution >= 4 is 23.7 Å². The number of rotatable bonds is 5. The minimum Gasteiger partial charge on any atom is -0.388 e. The monoisotopic (exact) mass is 343 g/mol. The number of carbonyl (C=O) groups is 1. The first-order valence-corrected chi connectivity index (χ1v) is 9.15. The van der Waals surface area contributed by atoms with Crippen molar-refractivity contribution in [3.63, 3.8) is 0 Å². The topological polar surface area (TPSA) is 67.2 Å². The van der Waals surface area contributed by atoms with Gasteiger partial charge in [0.25, 0.3) is 0 Å². The molecule has 3 rings (SSSR count). The minimum absolute atomic E-state index is 0.180. The second-order valence-electron chi connectivity index (χ2n) is 5.95. The second-order valence-corrected chi connectivity index (χ2v) is 7.17. The van der Waals surface area contributed by atoms with E-state index < -0.39 is 5.60 Å². The molecular weight excluding hydrogens is 322 g/mol. The SMILES string of the molecule is O=C(C=Cc1ccc(-n2ccnc2)cc1)NCC1(O)CCSCC1. The summed E-state index contributed by atoms with van der Waals surface area (Å²) >= 11 is 1.85. The molecule has 0 spiro atoms. The Morgan fingerprint density at radius 3 is 2.75 bits per heavy atom. The fraction of sp³-hybridized carbons (Fsp3) is 0.333. The van der Waals surface area contributed by atoms with Gasteiger partial charge in [-0.2, -0.15) is 11.8 Å². The van der Waals surface area contributed by atoms with Crippen LogP contribution in [-0.2, 0) is 4.79 Å². The number of amides is 1. The smallest absolute Gasteiger partial charge is 0.244 e. The lowest BCUT2D eigenvalue weighted by molar-refractivity contribution is -0.117. The average molecular weight is 343 g/mol. The Balaban J connectivity index is 1.52. The van der Waals surface area contributed by atoms with E-state index in [1.807, 2.05) is 46.8 Å². The molecule has 1 saturated heterocycles. The van der Waals surface area contributed by atoms with Crippen LogP contribution in [-0.4, -0.2) is 44.2 Å². The molecule has 0 unspecified atom stereocenters. The Hall–Kier alpha value is -2.05. The van der Waals surface area contributed by atoms with Crippen molar-refractivity contribution in [1.82, 2.24) is 14.9 Å². The molecule has 5 nitrogen and oxygen atoms in total. The molecule has 1 aromatic carbocycles. The molecule has 24 heavy (non-hydrogen) atoms. The lowest BCUT2D eigenvalue weighted by atomic mass is 9.97. The van der Waals surface area contributed by atoms with Crippen LogP contribution in [0.1, 0.15) is 18.4 Å². The highest BCUT2D eigenvalue weighted by Crippen LogP contribution is 2.26. The Morgan fingerprint density at radius 2 is 2.08 bits per heavy atom. The highest BCUT2D eigenvalue weighted by molar-refractivity contribution is 7.99. The third-order valence-corrected chi connectivity index (χ3v) is 5.12. The number of hydrogen-bond acceptors (Lipinski definition) is 4. The fourth-order valence-corrected chi connectivity index (χ4v) is 3.83. The normalized spacial score (nSPS) is 17.0. The number of thioether (sulfide) groups is 1. The zero-order valence-electron chi connectivity index (χ0n) is 13.4. The van der Waals surface area contributed by atoms with Crippen LogP contribution in [0.5, 0.6) is 0 Å². The quantitative estimate of drug-likeness (QED) is 0.817. The van der Waals surface area contributed by atoms with E-state index in [-0.39, 0.29) is 5.91 Å². The maximum absolute atomic E-state index is 11.9. The summed E-state index contributed by atoms with van der Waals surface area (Å²) in [6.45, 7) is 0.316. The van der Waals surface area contributed by atoms with Crippen molar-refractivity contribution in [3.8, 4) is 5.69 Å². The molecule has 1 aliphatic heterocycles. The average Bonchev–Trinajstić information content (AvgIpc) is 3.14. The summed E-state index contributed by atoms with van der Waals surface area (Å²) in [6.07, 6.45) is 10.1. The van der Waals surface area contributed by atoms with Crippen LogP contribution >= 0.6 is 11.8 Å². The van der Waals surface area contributed by atoms with E-state index in [4.69, 9.17) is 0 Å². The Morgan fingerprint density at radius 1 is 1.33 bits per heavy atom. The molecule has 6 heteroatoms. The van der Waals surface area contributed by atoms with Crippen molar-refractivity contribution in [1.29, 1.82) is 0 Å². The summed E-state index contributed by atoms with van der Waals surface area (Å²) in [5, 5.41) is 13.2. The van der Waals surface area contributed by atoms with Gasteiger partial charge in [0.1, 0.15) is 0 Å². The highest BCUT2D eigenvalue weighted by Gasteiger charge is 2.29. The van der Waals surface area contributed by atoms with Gasteiger partial charge < -0.3 is 15.0 Å². The molecule has 1 amide bonds. The van der Waals surface area contributed by atoms with Crippen molar-refractivity contribution in [3.05, 3.63) is 54.6 Å². The summed E-state index contributed by atoms with van der Waals surface area (Å²) in [4.78, 5) is 15.9. The maximum atomic E-state index is 11.9. The molecule has 1 fully saturated rings. The number of hydrogen-bond donors (Lipinski definition) is 2. The van der Waals surface area contributed by atoms with Crippen LogP contribution in [0.4, 0.5) is 0 Å². The number of aromatic nitrogens is 2. The minimum atomic E-state index is -0.749. The number of imidazole rings is 1. The number of nitrogens with zero attached hydrogens (tertiary/aromatic N) is 2. The molecule has 0 radical (unpaired) electrons. The van der Waals surface area contributed by atoms with Gasteiger partial charge in [0, 0.05) is 30.7 Å². The number of aliphatic hydroxyl groups is 1. The largest absolute Gasteiger partial charge is 0.388 e. The van der Waals surface area contributed by atoms with Crippen molar-refractivity contribution in [2.24, 2.45) is 0 Å². The van der Waals surface area contributed by atoms with E-state index in [1.54, 1.807) is 18.6 Å². The zero-order valence-corrected chi connectivity index (χ0v) is 14.2. The first-order chi connectivity index (χ1) is 11.6. The number of benzene rings is 1.